The summed E-state index contributed by atoms with van der Waals surface area (Å²) in [7, 11) is 0. The Balaban J connectivity index is 1.21. The van der Waals surface area contributed by atoms with Gasteiger partial charge in [-0.15, -0.1) is 0 Å². The number of rotatable bonds is 5. The molecular formula is C29H40N4O7. The van der Waals surface area contributed by atoms with Crippen LogP contribution in [0.1, 0.15) is 71.3 Å². The van der Waals surface area contributed by atoms with Gasteiger partial charge in [-0.3, -0.25) is 9.59 Å². The van der Waals surface area contributed by atoms with Crippen LogP contribution in [-0.2, 0) is 29.2 Å². The molecule has 1 spiro atoms. The standard InChI is InChI=1S/C29H40N4O7/c1-28(2,3)40-27(37)33-16-20(17-33)39-26(36)32-23(18-7-5-4-6-8-18)24(34)30-19-9-10-21-22(15-19)31-25(35)29(21)11-13-38-14-12-29/h9-10,15,18,20,23H,4-8,11-14,16-17H2,1-3H3,(H,30,34)(H,31,35)(H,32,36). The van der Waals surface area contributed by atoms with Crippen LogP contribution in [0.3, 0.4) is 0 Å². The molecule has 5 rings (SSSR count). The fraction of sp³-hybridized carbons (Fsp3) is 0.655. The van der Waals surface area contributed by atoms with Crippen molar-refractivity contribution in [3.8, 4) is 0 Å². The Labute approximate surface area is 234 Å². The predicted molar refractivity (Wildman–Crippen MR) is 147 cm³/mol. The maximum Gasteiger partial charge on any atom is 0.410 e. The Hall–Kier alpha value is -3.34. The van der Waals surface area contributed by atoms with E-state index < -0.39 is 35.3 Å². The van der Waals surface area contributed by atoms with E-state index in [1.165, 1.54) is 4.90 Å². The van der Waals surface area contributed by atoms with Crippen molar-refractivity contribution in [3.63, 3.8) is 0 Å². The zero-order valence-corrected chi connectivity index (χ0v) is 23.5. The van der Waals surface area contributed by atoms with Crippen LogP contribution in [0, 0.1) is 5.92 Å². The molecule has 11 nitrogen and oxygen atoms in total. The summed E-state index contributed by atoms with van der Waals surface area (Å²) in [5.74, 6) is -0.363. The quantitative estimate of drug-likeness (QED) is 0.500. The average molecular weight is 557 g/mol. The predicted octanol–water partition coefficient (Wildman–Crippen LogP) is 3.92. The van der Waals surface area contributed by atoms with Crippen molar-refractivity contribution < 1.29 is 33.4 Å². The average Bonchev–Trinajstić information content (AvgIpc) is 3.14. The second kappa shape index (κ2) is 11.3. The number of carbonyl (C=O) groups is 4. The molecule has 4 aliphatic rings. The zero-order valence-electron chi connectivity index (χ0n) is 23.5. The van der Waals surface area contributed by atoms with Crippen LogP contribution >= 0.6 is 0 Å². The maximum atomic E-state index is 13.5. The highest BCUT2D eigenvalue weighted by Crippen LogP contribution is 2.45. The third-order valence-corrected chi connectivity index (χ3v) is 8.28. The van der Waals surface area contributed by atoms with E-state index in [1.807, 2.05) is 12.1 Å². The van der Waals surface area contributed by atoms with E-state index in [2.05, 4.69) is 16.0 Å². The van der Waals surface area contributed by atoms with Crippen LogP contribution < -0.4 is 16.0 Å². The van der Waals surface area contributed by atoms with Gasteiger partial charge in [0.05, 0.1) is 18.5 Å². The Kier molecular flexibility index (Phi) is 7.94. The molecule has 0 bridgehead atoms. The summed E-state index contributed by atoms with van der Waals surface area (Å²) < 4.78 is 16.3. The molecule has 1 saturated carbocycles. The summed E-state index contributed by atoms with van der Waals surface area (Å²) in [6, 6.07) is 4.73. The van der Waals surface area contributed by atoms with Crippen molar-refractivity contribution in [3.05, 3.63) is 23.8 Å². The number of hydrogen-bond acceptors (Lipinski definition) is 7. The minimum Gasteiger partial charge on any atom is -0.444 e. The summed E-state index contributed by atoms with van der Waals surface area (Å²) in [5, 5.41) is 8.74. The number of nitrogens with zero attached hydrogens (tertiary/aromatic N) is 1. The number of likely N-dealkylation sites (tertiary alicyclic amines) is 1. The maximum absolute atomic E-state index is 13.5. The number of carbonyl (C=O) groups excluding carboxylic acids is 4. The Morgan fingerprint density at radius 2 is 1.80 bits per heavy atom. The first-order valence-corrected chi connectivity index (χ1v) is 14.3. The third kappa shape index (κ3) is 6.04. The van der Waals surface area contributed by atoms with Crippen molar-refractivity contribution in [2.75, 3.05) is 36.9 Å². The first-order chi connectivity index (χ1) is 19.0. The number of alkyl carbamates (subject to hydrolysis) is 1. The molecular weight excluding hydrogens is 516 g/mol. The van der Waals surface area contributed by atoms with E-state index in [-0.39, 0.29) is 30.8 Å². The third-order valence-electron chi connectivity index (χ3n) is 8.28. The smallest absolute Gasteiger partial charge is 0.410 e. The number of anilines is 2. The Morgan fingerprint density at radius 3 is 2.48 bits per heavy atom. The molecule has 3 aliphatic heterocycles. The fourth-order valence-corrected chi connectivity index (χ4v) is 6.11. The van der Waals surface area contributed by atoms with Crippen molar-refractivity contribution in [1.29, 1.82) is 0 Å². The molecule has 1 aromatic rings. The lowest BCUT2D eigenvalue weighted by atomic mass is 9.75. The van der Waals surface area contributed by atoms with Crippen LogP contribution in [0.15, 0.2) is 18.2 Å². The summed E-state index contributed by atoms with van der Waals surface area (Å²) in [6.07, 6.45) is 4.44. The minimum atomic E-state index is -0.764. The first-order valence-electron chi connectivity index (χ1n) is 14.3. The highest BCUT2D eigenvalue weighted by molar-refractivity contribution is 6.07. The SMILES string of the molecule is CC(C)(C)OC(=O)N1CC(OC(=O)NC(C(=O)Nc2ccc3c(c2)NC(=O)C32CCOCC2)C2CCCCC2)C1. The number of hydrogen-bond donors (Lipinski definition) is 3. The van der Waals surface area contributed by atoms with E-state index >= 15 is 0 Å². The normalized spacial score (nSPS) is 21.6. The van der Waals surface area contributed by atoms with Gasteiger partial charge in [0.15, 0.2) is 0 Å². The molecule has 1 aromatic carbocycles. The zero-order chi connectivity index (χ0) is 28.5. The van der Waals surface area contributed by atoms with Gasteiger partial charge >= 0.3 is 12.2 Å². The van der Waals surface area contributed by atoms with Crippen molar-refractivity contribution in [1.82, 2.24) is 10.2 Å². The topological polar surface area (TPSA) is 135 Å². The van der Waals surface area contributed by atoms with E-state index in [9.17, 15) is 19.2 Å². The fourth-order valence-electron chi connectivity index (χ4n) is 6.11. The molecule has 3 N–H and O–H groups in total. The molecule has 40 heavy (non-hydrogen) atoms. The number of nitrogens with one attached hydrogen (secondary N) is 3. The second-order valence-electron chi connectivity index (χ2n) is 12.3. The lowest BCUT2D eigenvalue weighted by Crippen LogP contribution is -2.58. The molecule has 1 atom stereocenters. The summed E-state index contributed by atoms with van der Waals surface area (Å²) in [6.45, 7) is 6.96. The summed E-state index contributed by atoms with van der Waals surface area (Å²) >= 11 is 0. The molecule has 3 fully saturated rings. The first kappa shape index (κ1) is 28.2. The van der Waals surface area contributed by atoms with Crippen LogP contribution in [0.2, 0.25) is 0 Å². The molecule has 218 valence electrons. The van der Waals surface area contributed by atoms with Crippen LogP contribution in [0.5, 0.6) is 0 Å². The van der Waals surface area contributed by atoms with Gasteiger partial charge in [0.2, 0.25) is 11.8 Å². The largest absolute Gasteiger partial charge is 0.444 e. The highest BCUT2D eigenvalue weighted by Gasteiger charge is 2.47. The lowest BCUT2D eigenvalue weighted by Gasteiger charge is -2.39. The van der Waals surface area contributed by atoms with E-state index in [0.29, 0.717) is 37.4 Å². The van der Waals surface area contributed by atoms with Crippen molar-refractivity contribution in [2.24, 2.45) is 5.92 Å². The second-order valence-corrected chi connectivity index (χ2v) is 12.3. The van der Waals surface area contributed by atoms with Gasteiger partial charge < -0.3 is 35.1 Å². The van der Waals surface area contributed by atoms with Gasteiger partial charge in [-0.05, 0) is 70.1 Å². The van der Waals surface area contributed by atoms with Crippen LogP contribution in [-0.4, -0.2) is 73.0 Å². The number of benzene rings is 1. The van der Waals surface area contributed by atoms with Gasteiger partial charge in [-0.25, -0.2) is 9.59 Å². The van der Waals surface area contributed by atoms with Gasteiger partial charge in [-0.2, -0.15) is 0 Å². The van der Waals surface area contributed by atoms with Crippen molar-refractivity contribution >= 4 is 35.4 Å². The van der Waals surface area contributed by atoms with E-state index in [0.717, 1.165) is 37.7 Å². The number of fused-ring (bicyclic) bond motifs is 2. The molecule has 4 amide bonds. The van der Waals surface area contributed by atoms with Gasteiger partial charge in [0.25, 0.3) is 0 Å². The van der Waals surface area contributed by atoms with Gasteiger partial charge in [0, 0.05) is 24.6 Å². The molecule has 1 aliphatic carbocycles. The van der Waals surface area contributed by atoms with Crippen LogP contribution in [0.4, 0.5) is 21.0 Å². The van der Waals surface area contributed by atoms with Crippen molar-refractivity contribution in [2.45, 2.75) is 88.9 Å². The summed E-state index contributed by atoms with van der Waals surface area (Å²) in [5.41, 5.74) is 1.01. The Morgan fingerprint density at radius 1 is 1.10 bits per heavy atom. The highest BCUT2D eigenvalue weighted by atomic mass is 16.6. The van der Waals surface area contributed by atoms with Crippen LogP contribution in [0.25, 0.3) is 0 Å². The number of amides is 4. The minimum absolute atomic E-state index is 0.0133. The molecule has 1 unspecified atom stereocenters. The monoisotopic (exact) mass is 556 g/mol. The molecule has 3 heterocycles. The molecule has 11 heteroatoms. The lowest BCUT2D eigenvalue weighted by molar-refractivity contribution is -0.124. The molecule has 2 saturated heterocycles. The molecule has 0 aromatic heterocycles. The van der Waals surface area contributed by atoms with E-state index in [1.54, 1.807) is 26.8 Å². The Bertz CT molecular complexity index is 1150. The van der Waals surface area contributed by atoms with Gasteiger partial charge in [0.1, 0.15) is 17.7 Å². The van der Waals surface area contributed by atoms with Gasteiger partial charge in [-0.1, -0.05) is 25.3 Å². The number of ether oxygens (including phenoxy) is 3. The van der Waals surface area contributed by atoms with E-state index in [4.69, 9.17) is 14.2 Å². The molecule has 0 radical (unpaired) electrons. The summed E-state index contributed by atoms with van der Waals surface area (Å²) in [4.78, 5) is 52.8.